The molecule has 7 heterocycles. The highest BCUT2D eigenvalue weighted by Crippen LogP contribution is 2.37. The Bertz CT molecular complexity index is 2750. The molecule has 342 valence electrons. The van der Waals surface area contributed by atoms with Crippen LogP contribution in [0.25, 0.3) is 11.2 Å². The predicted octanol–water partition coefficient (Wildman–Crippen LogP) is 4.70. The van der Waals surface area contributed by atoms with Gasteiger partial charge in [0.25, 0.3) is 17.7 Å². The van der Waals surface area contributed by atoms with Crippen molar-refractivity contribution in [3.8, 4) is 0 Å². The van der Waals surface area contributed by atoms with Crippen molar-refractivity contribution < 1.29 is 41.5 Å². The van der Waals surface area contributed by atoms with E-state index in [1.165, 1.54) is 18.5 Å². The number of imide groups is 2. The fourth-order valence-corrected chi connectivity index (χ4v) is 9.65. The summed E-state index contributed by atoms with van der Waals surface area (Å²) in [6.07, 6.45) is 1.31. The van der Waals surface area contributed by atoms with Crippen molar-refractivity contribution in [3.05, 3.63) is 95.6 Å². The minimum Gasteiger partial charge on any atom is -0.369 e. The summed E-state index contributed by atoms with van der Waals surface area (Å²) in [6, 6.07) is 12.5. The maximum Gasteiger partial charge on any atom is 0.433 e. The molecule has 1 atom stereocenters. The molecule has 1 saturated carbocycles. The molecule has 3 aromatic heterocycles. The number of aromatic nitrogens is 5. The van der Waals surface area contributed by atoms with Crippen LogP contribution in [0.5, 0.6) is 0 Å². The van der Waals surface area contributed by atoms with Gasteiger partial charge in [-0.2, -0.15) is 13.2 Å². The largest absolute Gasteiger partial charge is 0.433 e. The van der Waals surface area contributed by atoms with E-state index in [0.29, 0.717) is 48.8 Å². The number of hydrogen-bond donors (Lipinski definition) is 3. The average Bonchev–Trinajstić information content (AvgIpc) is 3.82. The first-order valence-electron chi connectivity index (χ1n) is 21.9. The topological polar surface area (TPSA) is 191 Å². The Labute approximate surface area is 374 Å². The number of nitrogens with zero attached hydrogens (tertiary/aromatic N) is 9. The van der Waals surface area contributed by atoms with E-state index in [1.54, 1.807) is 6.33 Å². The van der Waals surface area contributed by atoms with Gasteiger partial charge < -0.3 is 25.0 Å². The van der Waals surface area contributed by atoms with Crippen molar-refractivity contribution in [1.29, 1.82) is 0 Å². The zero-order valence-corrected chi connectivity index (χ0v) is 35.4. The third-order valence-corrected chi connectivity index (χ3v) is 13.3. The van der Waals surface area contributed by atoms with Gasteiger partial charge in [0.15, 0.2) is 17.0 Å². The Balaban J connectivity index is 0.684. The molecule has 1 aliphatic carbocycles. The number of alkyl halides is 3. The van der Waals surface area contributed by atoms with E-state index in [-0.39, 0.29) is 47.4 Å². The lowest BCUT2D eigenvalue weighted by atomic mass is 9.86. The molecule has 2 aromatic carbocycles. The molecular formula is C45H44F4N12O5. The van der Waals surface area contributed by atoms with Gasteiger partial charge in [0.2, 0.25) is 11.8 Å². The van der Waals surface area contributed by atoms with E-state index in [4.69, 9.17) is 0 Å². The van der Waals surface area contributed by atoms with Crippen LogP contribution >= 0.6 is 0 Å². The van der Waals surface area contributed by atoms with E-state index in [1.807, 2.05) is 21.6 Å². The lowest BCUT2D eigenvalue weighted by Crippen LogP contribution is -2.54. The second-order valence-electron chi connectivity index (χ2n) is 17.4. The molecule has 4 fully saturated rings. The number of carbonyl (C=O) groups excluding carboxylic acids is 5. The highest BCUT2D eigenvalue weighted by atomic mass is 19.4. The first-order valence-corrected chi connectivity index (χ1v) is 21.9. The minimum atomic E-state index is -4.64. The molecule has 3 N–H and O–H groups in total. The van der Waals surface area contributed by atoms with E-state index in [9.17, 15) is 37.1 Å². The maximum absolute atomic E-state index is 15.5. The van der Waals surface area contributed by atoms with Crippen LogP contribution in [0, 0.1) is 11.7 Å². The number of halogens is 4. The van der Waals surface area contributed by atoms with Crippen LogP contribution in [-0.2, 0) is 15.8 Å². The summed E-state index contributed by atoms with van der Waals surface area (Å²) in [4.78, 5) is 87.7. The summed E-state index contributed by atoms with van der Waals surface area (Å²) in [5.41, 5.74) is 1.97. The first-order chi connectivity index (χ1) is 31.8. The van der Waals surface area contributed by atoms with Gasteiger partial charge in [-0.15, -0.1) is 0 Å². The van der Waals surface area contributed by atoms with E-state index >= 15 is 4.39 Å². The Hall–Kier alpha value is -7.03. The molecule has 10 rings (SSSR count). The molecular weight excluding hydrogens is 865 g/mol. The maximum atomic E-state index is 15.5. The second-order valence-corrected chi connectivity index (χ2v) is 17.4. The highest BCUT2D eigenvalue weighted by Gasteiger charge is 2.45. The van der Waals surface area contributed by atoms with Gasteiger partial charge >= 0.3 is 6.18 Å². The molecule has 4 aliphatic heterocycles. The zero-order valence-electron chi connectivity index (χ0n) is 35.4. The normalized spacial score (nSPS) is 21.8. The molecule has 5 aromatic rings. The Kier molecular flexibility index (Phi) is 11.1. The van der Waals surface area contributed by atoms with Gasteiger partial charge in [-0.05, 0) is 86.6 Å². The van der Waals surface area contributed by atoms with Gasteiger partial charge in [-0.3, -0.25) is 39.1 Å². The first kappa shape index (κ1) is 42.9. The van der Waals surface area contributed by atoms with E-state index in [2.05, 4.69) is 57.8 Å². The molecule has 0 radical (unpaired) electrons. The monoisotopic (exact) mass is 908 g/mol. The number of anilines is 4. The van der Waals surface area contributed by atoms with Gasteiger partial charge in [-0.25, -0.2) is 24.3 Å². The number of piperazine rings is 1. The summed E-state index contributed by atoms with van der Waals surface area (Å²) < 4.78 is 56.7. The number of hydrogen-bond acceptors (Lipinski definition) is 13. The summed E-state index contributed by atoms with van der Waals surface area (Å²) in [6.45, 7) is 5.61. The standard InChI is InChI=1S/C45H44F4N12O5/c46-32-20-30-31(44(66)61(43(30)65)34-8-9-37(62)56-42(34)64)21-35(32)59-12-10-25(11-13-59)22-57-14-16-58(17-15-57)28-6-4-26(5-7-28)53-39-38-40(51-23-50-39)60(24-52-38)29-18-27(19-29)54-41(63)33-2-1-3-36(55-33)45(47,48)49/h1-7,20-21,23-25,27,29,34H,8-19,22H2,(H,54,63)(H,50,51,53)(H,56,62,64)/t27?,29?,34-/m0/s1. The molecule has 66 heavy (non-hydrogen) atoms. The van der Waals surface area contributed by atoms with Crippen LogP contribution in [0.2, 0.25) is 0 Å². The van der Waals surface area contributed by atoms with Gasteiger partial charge in [0.1, 0.15) is 29.6 Å². The molecule has 5 amide bonds. The van der Waals surface area contributed by atoms with Crippen molar-refractivity contribution in [1.82, 2.24) is 44.9 Å². The number of pyridine rings is 1. The molecule has 5 aliphatic rings. The summed E-state index contributed by atoms with van der Waals surface area (Å²) in [5, 5.41) is 8.31. The highest BCUT2D eigenvalue weighted by molar-refractivity contribution is 6.23. The smallest absolute Gasteiger partial charge is 0.369 e. The lowest BCUT2D eigenvalue weighted by molar-refractivity contribution is -0.141. The van der Waals surface area contributed by atoms with Crippen molar-refractivity contribution in [2.45, 2.75) is 62.8 Å². The van der Waals surface area contributed by atoms with Crippen LogP contribution in [0.4, 0.5) is 40.4 Å². The number of imidazole rings is 1. The summed E-state index contributed by atoms with van der Waals surface area (Å²) in [5.74, 6) is -2.85. The third kappa shape index (κ3) is 8.26. The fourth-order valence-electron chi connectivity index (χ4n) is 9.65. The number of fused-ring (bicyclic) bond motifs is 2. The Morgan fingerprint density at radius 3 is 2.27 bits per heavy atom. The van der Waals surface area contributed by atoms with Crippen molar-refractivity contribution in [3.63, 3.8) is 0 Å². The van der Waals surface area contributed by atoms with Crippen LogP contribution < -0.4 is 25.8 Å². The molecule has 21 heteroatoms. The average molecular weight is 909 g/mol. The predicted molar refractivity (Wildman–Crippen MR) is 230 cm³/mol. The van der Waals surface area contributed by atoms with Crippen molar-refractivity contribution in [2.24, 2.45) is 5.92 Å². The molecule has 0 unspecified atom stereocenters. The third-order valence-electron chi connectivity index (χ3n) is 13.3. The van der Waals surface area contributed by atoms with Crippen molar-refractivity contribution >= 4 is 63.6 Å². The lowest BCUT2D eigenvalue weighted by Gasteiger charge is -2.40. The molecule has 3 saturated heterocycles. The van der Waals surface area contributed by atoms with Crippen molar-refractivity contribution in [2.75, 3.05) is 60.9 Å². The second kappa shape index (κ2) is 17.1. The number of benzene rings is 2. The number of nitrogens with one attached hydrogen (secondary N) is 3. The van der Waals surface area contributed by atoms with Gasteiger partial charge in [0.05, 0.1) is 23.1 Å². The van der Waals surface area contributed by atoms with E-state index < -0.39 is 53.3 Å². The van der Waals surface area contributed by atoms with Crippen LogP contribution in [0.1, 0.15) is 81.5 Å². The minimum absolute atomic E-state index is 0.00700. The molecule has 17 nitrogen and oxygen atoms in total. The quantitative estimate of drug-likeness (QED) is 0.129. The van der Waals surface area contributed by atoms with E-state index in [0.717, 1.165) is 80.0 Å². The van der Waals surface area contributed by atoms with Gasteiger partial charge in [0, 0.05) is 75.7 Å². The van der Waals surface area contributed by atoms with Crippen LogP contribution in [-0.4, -0.2) is 122 Å². The SMILES string of the molecule is O=C1CC[C@H](N2C(=O)c3cc(F)c(N4CCC(CN5CCN(c6ccc(Nc7ncnc8c7ncn8C7CC(NC(=O)c8cccc(C(F)(F)F)n8)C7)cc6)CC5)CC4)cc3C2=O)C(=O)N1. The van der Waals surface area contributed by atoms with Gasteiger partial charge in [-0.1, -0.05) is 6.07 Å². The summed E-state index contributed by atoms with van der Waals surface area (Å²) in [7, 11) is 0. The number of carbonyl (C=O) groups is 5. The Morgan fingerprint density at radius 2 is 1.56 bits per heavy atom. The van der Waals surface area contributed by atoms with Crippen LogP contribution in [0.3, 0.4) is 0 Å². The molecule has 0 spiro atoms. The molecule has 0 bridgehead atoms. The fraction of sp³-hybridized carbons (Fsp3) is 0.400. The van der Waals surface area contributed by atoms with Crippen LogP contribution in [0.15, 0.2) is 67.3 Å². The summed E-state index contributed by atoms with van der Waals surface area (Å²) >= 11 is 0. The Morgan fingerprint density at radius 1 is 0.833 bits per heavy atom. The number of amides is 5. The number of rotatable bonds is 10. The number of piperidine rings is 2. The zero-order chi connectivity index (χ0) is 45.9.